The lowest BCUT2D eigenvalue weighted by Gasteiger charge is -2.48. The third-order valence-corrected chi connectivity index (χ3v) is 5.71. The van der Waals surface area contributed by atoms with E-state index in [4.69, 9.17) is 9.29 Å². The predicted octanol–water partition coefficient (Wildman–Crippen LogP) is 1.54. The number of phenolic OH excluding ortho intramolecular Hbond substituents is 1. The van der Waals surface area contributed by atoms with Gasteiger partial charge in [0, 0.05) is 26.6 Å². The van der Waals surface area contributed by atoms with Crippen molar-refractivity contribution in [2.24, 2.45) is 0 Å². The van der Waals surface area contributed by atoms with Crippen molar-refractivity contribution in [3.05, 3.63) is 47.1 Å². The van der Waals surface area contributed by atoms with Crippen molar-refractivity contribution in [3.8, 4) is 11.5 Å². The molecular formula is C17H19NO6S. The predicted molar refractivity (Wildman–Crippen MR) is 89.9 cm³/mol. The average molecular weight is 365 g/mol. The SMILES string of the molecule is CO[C@H]1C=CC2=CCN3CCc4cc(O)c(OS(=O)(=O)O)cc4[C@@]23C1. The Hall–Kier alpha value is -1.87. The molecule has 1 aromatic carbocycles. The van der Waals surface area contributed by atoms with Crippen molar-refractivity contribution in [2.75, 3.05) is 20.2 Å². The van der Waals surface area contributed by atoms with E-state index in [0.717, 1.165) is 36.2 Å². The molecule has 3 aliphatic rings. The maximum absolute atomic E-state index is 11.1. The van der Waals surface area contributed by atoms with E-state index in [0.29, 0.717) is 6.42 Å². The highest BCUT2D eigenvalue weighted by Crippen LogP contribution is 2.52. The highest BCUT2D eigenvalue weighted by Gasteiger charge is 2.50. The fourth-order valence-corrected chi connectivity index (χ4v) is 4.62. The van der Waals surface area contributed by atoms with Crippen LogP contribution in [0.2, 0.25) is 0 Å². The molecule has 2 atom stereocenters. The summed E-state index contributed by atoms with van der Waals surface area (Å²) in [5, 5.41) is 10.1. The molecule has 0 saturated heterocycles. The summed E-state index contributed by atoms with van der Waals surface area (Å²) in [5.74, 6) is -0.577. The van der Waals surface area contributed by atoms with Crippen molar-refractivity contribution in [1.29, 1.82) is 0 Å². The summed E-state index contributed by atoms with van der Waals surface area (Å²) >= 11 is 0. The van der Waals surface area contributed by atoms with Crippen molar-refractivity contribution in [3.63, 3.8) is 0 Å². The summed E-state index contributed by atoms with van der Waals surface area (Å²) in [6.45, 7) is 1.63. The number of nitrogens with zero attached hydrogens (tertiary/aromatic N) is 1. The van der Waals surface area contributed by atoms with Crippen LogP contribution in [0.15, 0.2) is 35.9 Å². The topological polar surface area (TPSA) is 96.3 Å². The van der Waals surface area contributed by atoms with E-state index in [1.165, 1.54) is 12.1 Å². The van der Waals surface area contributed by atoms with E-state index in [1.807, 2.05) is 12.2 Å². The number of hydrogen-bond donors (Lipinski definition) is 2. The smallest absolute Gasteiger partial charge is 0.446 e. The summed E-state index contributed by atoms with van der Waals surface area (Å²) in [6, 6.07) is 3.05. The minimum atomic E-state index is -4.72. The molecule has 0 unspecified atom stereocenters. The zero-order valence-electron chi connectivity index (χ0n) is 13.7. The van der Waals surface area contributed by atoms with Gasteiger partial charge in [-0.2, -0.15) is 8.42 Å². The molecule has 0 radical (unpaired) electrons. The number of fused-ring (bicyclic) bond motifs is 1. The average Bonchev–Trinajstić information content (AvgIpc) is 2.93. The zero-order valence-corrected chi connectivity index (χ0v) is 14.5. The standard InChI is InChI=1S/C17H19NO6S/c1-23-13-3-2-12-5-7-18-6-4-11-8-15(19)16(24-25(20,21)22)9-14(11)17(12,18)10-13/h2-3,5,8-9,13,19H,4,6-7,10H2,1H3,(H,20,21,22)/t13-,17+/m0/s1. The van der Waals surface area contributed by atoms with Gasteiger partial charge in [-0.1, -0.05) is 18.2 Å². The van der Waals surface area contributed by atoms with Crippen LogP contribution < -0.4 is 4.18 Å². The van der Waals surface area contributed by atoms with Gasteiger partial charge in [0.1, 0.15) is 0 Å². The Bertz CT molecular complexity index is 891. The monoisotopic (exact) mass is 365 g/mol. The van der Waals surface area contributed by atoms with Gasteiger partial charge >= 0.3 is 10.4 Å². The molecule has 1 aliphatic carbocycles. The largest absolute Gasteiger partial charge is 0.504 e. The maximum atomic E-state index is 11.1. The number of hydrogen-bond acceptors (Lipinski definition) is 6. The van der Waals surface area contributed by atoms with E-state index < -0.39 is 15.9 Å². The molecule has 2 N–H and O–H groups in total. The lowest BCUT2D eigenvalue weighted by molar-refractivity contribution is 0.0514. The van der Waals surface area contributed by atoms with Gasteiger partial charge in [0.25, 0.3) is 0 Å². The van der Waals surface area contributed by atoms with Crippen LogP contribution in [0.5, 0.6) is 11.5 Å². The first-order valence-electron chi connectivity index (χ1n) is 8.03. The highest BCUT2D eigenvalue weighted by atomic mass is 32.3. The van der Waals surface area contributed by atoms with Gasteiger partial charge in [0.2, 0.25) is 0 Å². The van der Waals surface area contributed by atoms with Gasteiger partial charge in [-0.3, -0.25) is 9.45 Å². The molecule has 7 nitrogen and oxygen atoms in total. The summed E-state index contributed by atoms with van der Waals surface area (Å²) in [4.78, 5) is 2.33. The van der Waals surface area contributed by atoms with Crippen LogP contribution in [0, 0.1) is 0 Å². The molecule has 4 rings (SSSR count). The Balaban J connectivity index is 1.89. The Morgan fingerprint density at radius 2 is 2.16 bits per heavy atom. The minimum absolute atomic E-state index is 0.0663. The molecule has 1 spiro atoms. The number of rotatable bonds is 3. The third-order valence-electron chi connectivity index (χ3n) is 5.32. The number of benzene rings is 1. The molecular weight excluding hydrogens is 346 g/mol. The minimum Gasteiger partial charge on any atom is -0.504 e. The normalized spacial score (nSPS) is 28.1. The van der Waals surface area contributed by atoms with Gasteiger partial charge in [0.15, 0.2) is 11.5 Å². The van der Waals surface area contributed by atoms with Gasteiger partial charge in [0.05, 0.1) is 11.6 Å². The Labute approximate surface area is 146 Å². The van der Waals surface area contributed by atoms with E-state index >= 15 is 0 Å². The van der Waals surface area contributed by atoms with Crippen LogP contribution in [0.4, 0.5) is 0 Å². The maximum Gasteiger partial charge on any atom is 0.446 e. The molecule has 8 heteroatoms. The first-order valence-corrected chi connectivity index (χ1v) is 9.40. The molecule has 2 heterocycles. The lowest BCUT2D eigenvalue weighted by atomic mass is 9.71. The molecule has 0 bridgehead atoms. The van der Waals surface area contributed by atoms with Crippen molar-refractivity contribution >= 4 is 10.4 Å². The van der Waals surface area contributed by atoms with Crippen LogP contribution in [0.25, 0.3) is 0 Å². The molecule has 0 amide bonds. The molecule has 0 fully saturated rings. The van der Waals surface area contributed by atoms with Crippen LogP contribution in [0.1, 0.15) is 17.5 Å². The number of methoxy groups -OCH3 is 1. The fourth-order valence-electron chi connectivity index (χ4n) is 4.26. The van der Waals surface area contributed by atoms with Gasteiger partial charge in [-0.05, 0) is 35.3 Å². The first kappa shape index (κ1) is 16.6. The number of phenols is 1. The second kappa shape index (κ2) is 5.57. The highest BCUT2D eigenvalue weighted by molar-refractivity contribution is 7.81. The van der Waals surface area contributed by atoms with Crippen LogP contribution in [-0.4, -0.2) is 49.3 Å². The molecule has 134 valence electrons. The summed E-state index contributed by atoms with van der Waals surface area (Å²) < 4.78 is 41.3. The van der Waals surface area contributed by atoms with Crippen LogP contribution in [0.3, 0.4) is 0 Å². The zero-order chi connectivity index (χ0) is 17.8. The molecule has 0 saturated carbocycles. The van der Waals surface area contributed by atoms with E-state index in [1.54, 1.807) is 7.11 Å². The number of ether oxygens (including phenoxy) is 1. The second-order valence-corrected chi connectivity index (χ2v) is 7.56. The van der Waals surface area contributed by atoms with Crippen molar-refractivity contribution < 1.29 is 27.0 Å². The Morgan fingerprint density at radius 1 is 1.36 bits per heavy atom. The lowest BCUT2D eigenvalue weighted by Crippen LogP contribution is -2.51. The van der Waals surface area contributed by atoms with Crippen molar-refractivity contribution in [1.82, 2.24) is 4.90 Å². The van der Waals surface area contributed by atoms with Crippen LogP contribution in [-0.2, 0) is 27.1 Å². The van der Waals surface area contributed by atoms with Gasteiger partial charge < -0.3 is 14.0 Å². The molecule has 0 aromatic heterocycles. The van der Waals surface area contributed by atoms with E-state index in [2.05, 4.69) is 15.2 Å². The fraction of sp³-hybridized carbons (Fsp3) is 0.412. The Morgan fingerprint density at radius 3 is 2.88 bits per heavy atom. The second-order valence-electron chi connectivity index (χ2n) is 6.54. The summed E-state index contributed by atoms with van der Waals surface area (Å²) in [7, 11) is -3.06. The summed E-state index contributed by atoms with van der Waals surface area (Å²) in [5.41, 5.74) is 2.51. The van der Waals surface area contributed by atoms with Gasteiger partial charge in [-0.25, -0.2) is 0 Å². The molecule has 25 heavy (non-hydrogen) atoms. The van der Waals surface area contributed by atoms with Crippen molar-refractivity contribution in [2.45, 2.75) is 24.5 Å². The Kier molecular flexibility index (Phi) is 3.69. The quantitative estimate of drug-likeness (QED) is 0.785. The van der Waals surface area contributed by atoms with E-state index in [9.17, 15) is 13.5 Å². The molecule has 1 aromatic rings. The number of aromatic hydroxyl groups is 1. The van der Waals surface area contributed by atoms with Gasteiger partial charge in [-0.15, -0.1) is 0 Å². The third kappa shape index (κ3) is 2.56. The molecule has 2 aliphatic heterocycles. The van der Waals surface area contributed by atoms with E-state index in [-0.39, 0.29) is 17.6 Å². The van der Waals surface area contributed by atoms with Crippen LogP contribution >= 0.6 is 0 Å². The first-order chi connectivity index (χ1) is 11.8. The summed E-state index contributed by atoms with van der Waals surface area (Å²) in [6.07, 6.45) is 7.58.